The molecule has 69 heavy (non-hydrogen) atoms. The predicted octanol–water partition coefficient (Wildman–Crippen LogP) is 7.20. The van der Waals surface area contributed by atoms with Gasteiger partial charge in [0.1, 0.15) is 18.6 Å². The molecule has 1 unspecified atom stereocenters. The van der Waals surface area contributed by atoms with Gasteiger partial charge in [-0.3, -0.25) is 19.2 Å². The van der Waals surface area contributed by atoms with E-state index in [0.717, 1.165) is 24.0 Å². The minimum atomic E-state index is -1.43. The van der Waals surface area contributed by atoms with E-state index >= 15 is 0 Å². The van der Waals surface area contributed by atoms with Gasteiger partial charge in [0.2, 0.25) is 0 Å². The third-order valence-electron chi connectivity index (χ3n) is 9.76. The van der Waals surface area contributed by atoms with Crippen LogP contribution in [-0.4, -0.2) is 107 Å². The Morgan fingerprint density at radius 3 is 1.38 bits per heavy atom. The fourth-order valence-electron chi connectivity index (χ4n) is 5.86. The van der Waals surface area contributed by atoms with Crippen LogP contribution in [0.1, 0.15) is 97.6 Å². The van der Waals surface area contributed by atoms with Gasteiger partial charge in [0.25, 0.3) is 11.8 Å². The van der Waals surface area contributed by atoms with E-state index in [1.807, 2.05) is 0 Å². The van der Waals surface area contributed by atoms with Crippen molar-refractivity contribution in [3.63, 3.8) is 0 Å². The predicted molar refractivity (Wildman–Crippen MR) is 255 cm³/mol. The van der Waals surface area contributed by atoms with Crippen molar-refractivity contribution in [2.75, 3.05) is 69.2 Å². The zero-order valence-corrected chi connectivity index (χ0v) is 40.0. The molecule has 0 saturated heterocycles. The van der Waals surface area contributed by atoms with Crippen molar-refractivity contribution in [3.05, 3.63) is 95.1 Å². The van der Waals surface area contributed by atoms with Gasteiger partial charge in [-0.1, -0.05) is 24.3 Å². The van der Waals surface area contributed by atoms with Crippen LogP contribution in [0.15, 0.2) is 72.8 Å². The summed E-state index contributed by atoms with van der Waals surface area (Å²) < 4.78 is 29.9. The number of amides is 6. The van der Waals surface area contributed by atoms with Crippen LogP contribution in [0.25, 0.3) is 0 Å². The smallest absolute Gasteiger partial charge is 0.465 e. The summed E-state index contributed by atoms with van der Waals surface area (Å²) in [7, 11) is 0. The van der Waals surface area contributed by atoms with Crippen LogP contribution in [0.4, 0.5) is 30.6 Å². The quantitative estimate of drug-likeness (QED) is 0.0174. The lowest BCUT2D eigenvalue weighted by molar-refractivity contribution is -0.165. The summed E-state index contributed by atoms with van der Waals surface area (Å²) in [6, 6.07) is 19.5. The van der Waals surface area contributed by atoms with Crippen LogP contribution in [0.3, 0.4) is 0 Å². The molecule has 0 saturated carbocycles. The Morgan fingerprint density at radius 1 is 0.507 bits per heavy atom. The fraction of sp³-hybridized carbons (Fsp3) is 0.458. The number of alkyl halides is 1. The first-order valence-electron chi connectivity index (χ1n) is 22.6. The largest absolute Gasteiger partial charge is 0.508 e. The van der Waals surface area contributed by atoms with Crippen LogP contribution in [0, 0.1) is 5.41 Å². The zero-order chi connectivity index (χ0) is 50.3. The number of carbonyl (C=O) groups is 8. The Bertz CT molecular complexity index is 2110. The highest BCUT2D eigenvalue weighted by molar-refractivity contribution is 6.17. The van der Waals surface area contributed by atoms with Gasteiger partial charge in [0, 0.05) is 61.5 Å². The average molecular weight is 984 g/mol. The maximum atomic E-state index is 12.8. The maximum absolute atomic E-state index is 12.8. The Balaban J connectivity index is 1.26. The number of rotatable bonds is 29. The molecular formula is C48H63ClN6O14. The lowest BCUT2D eigenvalue weighted by atomic mass is 9.93. The van der Waals surface area contributed by atoms with E-state index in [4.69, 9.17) is 40.0 Å². The van der Waals surface area contributed by atoms with Gasteiger partial charge < -0.3 is 60.3 Å². The second-order valence-corrected chi connectivity index (χ2v) is 16.0. The molecule has 0 aliphatic carbocycles. The molecule has 3 aromatic carbocycles. The van der Waals surface area contributed by atoms with Crippen molar-refractivity contribution in [2.24, 2.45) is 5.41 Å². The first kappa shape index (κ1) is 56.2. The number of nitrogens with one attached hydrogen (secondary N) is 6. The Morgan fingerprint density at radius 2 is 0.942 bits per heavy atom. The van der Waals surface area contributed by atoms with Crippen molar-refractivity contribution in [1.29, 1.82) is 0 Å². The van der Waals surface area contributed by atoms with Crippen molar-refractivity contribution in [1.82, 2.24) is 21.3 Å². The highest BCUT2D eigenvalue weighted by Crippen LogP contribution is 2.21. The standard InChI is InChI=1S/C48H63ClN6O14/c1-4-64-46(62)66-27-9-5-7-25-50-44(60)54-39-20-12-35(13-21-39)30-52-41(57)37-16-18-38(19-17-37)42(58)53-31-36-14-22-40(23-15-36)55-45(61)51-26-8-6-10-28-67-47(63)69-33-48(3,32-68-34(2)56)43(59)65-29-11-24-49/h12-23H,4-11,24-33H2,1-3H3,(H,52,57)(H,53,58)(H2,50,54,60)(H2,51,55,61). The molecule has 0 spiro atoms. The highest BCUT2D eigenvalue weighted by atomic mass is 35.5. The molecule has 6 amide bonds. The van der Waals surface area contributed by atoms with E-state index in [0.29, 0.717) is 73.6 Å². The Hall–Kier alpha value is -7.09. The SMILES string of the molecule is CCOC(=O)OCCCCCNC(=O)Nc1ccc(CNC(=O)c2ccc(C(=O)NCc3ccc(NC(=O)NCCCCCOC(=O)OCC(C)(COC(C)=O)C(=O)OCCCCl)cc3)cc2)cc1. The number of benzene rings is 3. The van der Waals surface area contributed by atoms with E-state index in [-0.39, 0.29) is 64.0 Å². The molecule has 0 heterocycles. The van der Waals surface area contributed by atoms with Crippen molar-refractivity contribution < 1.29 is 66.8 Å². The third-order valence-corrected chi connectivity index (χ3v) is 10.0. The molecule has 1 atom stereocenters. The summed E-state index contributed by atoms with van der Waals surface area (Å²) in [5.74, 6) is -1.66. The molecular weight excluding hydrogens is 920 g/mol. The van der Waals surface area contributed by atoms with E-state index < -0.39 is 42.3 Å². The second kappa shape index (κ2) is 31.8. The van der Waals surface area contributed by atoms with Gasteiger partial charge in [-0.05, 0) is 118 Å². The summed E-state index contributed by atoms with van der Waals surface area (Å²) in [6.07, 6.45) is 2.65. The molecule has 0 radical (unpaired) electrons. The molecule has 3 rings (SSSR count). The van der Waals surface area contributed by atoms with Gasteiger partial charge in [0.05, 0.1) is 26.4 Å². The molecule has 21 heteroatoms. The third kappa shape index (κ3) is 23.5. The Kier molecular flexibility index (Phi) is 25.9. The first-order chi connectivity index (χ1) is 33.2. The molecule has 20 nitrogen and oxygen atoms in total. The van der Waals surface area contributed by atoms with E-state index in [1.54, 1.807) is 79.7 Å². The minimum absolute atomic E-state index is 0.0523. The number of anilines is 2. The maximum Gasteiger partial charge on any atom is 0.508 e. The van der Waals surface area contributed by atoms with Gasteiger partial charge in [-0.25, -0.2) is 19.2 Å². The molecule has 3 aromatic rings. The van der Waals surface area contributed by atoms with Crippen molar-refractivity contribution in [2.45, 2.75) is 78.8 Å². The van der Waals surface area contributed by atoms with Gasteiger partial charge >= 0.3 is 36.3 Å². The van der Waals surface area contributed by atoms with E-state index in [2.05, 4.69) is 31.9 Å². The molecule has 0 aromatic heterocycles. The summed E-state index contributed by atoms with van der Waals surface area (Å²) in [6.45, 7) is 5.52. The second-order valence-electron chi connectivity index (χ2n) is 15.7. The van der Waals surface area contributed by atoms with E-state index in [1.165, 1.54) is 13.8 Å². The number of esters is 2. The minimum Gasteiger partial charge on any atom is -0.465 e. The van der Waals surface area contributed by atoms with E-state index in [9.17, 15) is 38.4 Å². The van der Waals surface area contributed by atoms with Crippen LogP contribution in [0.5, 0.6) is 0 Å². The number of carbonyl (C=O) groups excluding carboxylic acids is 8. The number of hydrogen-bond acceptors (Lipinski definition) is 14. The van der Waals surface area contributed by atoms with Crippen LogP contribution in [0.2, 0.25) is 0 Å². The number of halogens is 1. The summed E-state index contributed by atoms with van der Waals surface area (Å²) in [5, 5.41) is 16.7. The number of hydrogen-bond donors (Lipinski definition) is 6. The van der Waals surface area contributed by atoms with Crippen LogP contribution >= 0.6 is 11.6 Å². The molecule has 0 aliphatic heterocycles. The Labute approximate surface area is 406 Å². The summed E-state index contributed by atoms with van der Waals surface area (Å²) >= 11 is 5.62. The number of urea groups is 2. The van der Waals surface area contributed by atoms with Gasteiger partial charge in [-0.15, -0.1) is 11.6 Å². The fourth-order valence-corrected chi connectivity index (χ4v) is 5.97. The summed E-state index contributed by atoms with van der Waals surface area (Å²) in [5.41, 5.74) is 2.07. The first-order valence-corrected chi connectivity index (χ1v) is 23.1. The normalized spacial score (nSPS) is 11.4. The topological polar surface area (TPSA) is 264 Å². The lowest BCUT2D eigenvalue weighted by Gasteiger charge is -2.26. The van der Waals surface area contributed by atoms with Gasteiger partial charge in [-0.2, -0.15) is 0 Å². The number of ether oxygens (including phenoxy) is 6. The molecule has 6 N–H and O–H groups in total. The molecule has 376 valence electrons. The lowest BCUT2D eigenvalue weighted by Crippen LogP contribution is -2.40. The van der Waals surface area contributed by atoms with Crippen molar-refractivity contribution in [3.8, 4) is 0 Å². The monoisotopic (exact) mass is 982 g/mol. The van der Waals surface area contributed by atoms with Gasteiger partial charge in [0.15, 0.2) is 0 Å². The zero-order valence-electron chi connectivity index (χ0n) is 39.2. The summed E-state index contributed by atoms with van der Waals surface area (Å²) in [4.78, 5) is 97.4. The molecule has 0 aliphatic rings. The average Bonchev–Trinajstić information content (AvgIpc) is 3.34. The number of unbranched alkanes of at least 4 members (excludes halogenated alkanes) is 4. The van der Waals surface area contributed by atoms with Crippen LogP contribution < -0.4 is 31.9 Å². The molecule has 0 fully saturated rings. The highest BCUT2D eigenvalue weighted by Gasteiger charge is 2.38. The van der Waals surface area contributed by atoms with Crippen LogP contribution in [-0.2, 0) is 51.1 Å². The van der Waals surface area contributed by atoms with Crippen molar-refractivity contribution >= 4 is 71.1 Å². The molecule has 0 bridgehead atoms.